The number of hydrogen-bond acceptors (Lipinski definition) is 3. The fourth-order valence-electron chi connectivity index (χ4n) is 2.48. The second-order valence-corrected chi connectivity index (χ2v) is 5.85. The first-order valence-electron chi connectivity index (χ1n) is 6.71. The molecule has 0 bridgehead atoms. The van der Waals surface area contributed by atoms with Crippen LogP contribution in [-0.2, 0) is 22.6 Å². The molecular weight excluding hydrogens is 256 g/mol. The highest BCUT2D eigenvalue weighted by molar-refractivity contribution is 5.83. The van der Waals surface area contributed by atoms with Gasteiger partial charge in [-0.15, -0.1) is 0 Å². The molecule has 1 aromatic rings. The standard InChI is InChI=1S/C15H20N2O3/c1-15(2,8-13(18)19)17-14(20)12-7-10-5-3-4-6-11(10)9-16-12/h3-6,12,16H,7-9H2,1-2H3,(H,17,20)(H,18,19). The molecule has 1 heterocycles. The van der Waals surface area contributed by atoms with Gasteiger partial charge in [0.25, 0.3) is 0 Å². The molecule has 0 fully saturated rings. The number of rotatable bonds is 4. The molecule has 1 aliphatic rings. The molecule has 0 saturated heterocycles. The van der Waals surface area contributed by atoms with Crippen LogP contribution in [0.1, 0.15) is 31.4 Å². The van der Waals surface area contributed by atoms with Crippen LogP contribution in [0.3, 0.4) is 0 Å². The van der Waals surface area contributed by atoms with Gasteiger partial charge in [-0.25, -0.2) is 0 Å². The molecule has 1 unspecified atom stereocenters. The van der Waals surface area contributed by atoms with E-state index in [-0.39, 0.29) is 18.4 Å². The minimum absolute atomic E-state index is 0.0952. The van der Waals surface area contributed by atoms with Gasteiger partial charge in [0.2, 0.25) is 5.91 Å². The van der Waals surface area contributed by atoms with E-state index in [9.17, 15) is 9.59 Å². The zero-order chi connectivity index (χ0) is 14.8. The fraction of sp³-hybridized carbons (Fsp3) is 0.467. The predicted molar refractivity (Wildman–Crippen MR) is 75.2 cm³/mol. The molecule has 0 radical (unpaired) electrons. The molecule has 1 atom stereocenters. The minimum Gasteiger partial charge on any atom is -0.481 e. The topological polar surface area (TPSA) is 78.4 Å². The van der Waals surface area contributed by atoms with Crippen LogP contribution in [0.2, 0.25) is 0 Å². The first kappa shape index (κ1) is 14.5. The number of carbonyl (C=O) groups excluding carboxylic acids is 1. The van der Waals surface area contributed by atoms with E-state index in [1.54, 1.807) is 13.8 Å². The van der Waals surface area contributed by atoms with Crippen LogP contribution >= 0.6 is 0 Å². The number of hydrogen-bond donors (Lipinski definition) is 3. The van der Waals surface area contributed by atoms with Crippen molar-refractivity contribution < 1.29 is 14.7 Å². The van der Waals surface area contributed by atoms with Gasteiger partial charge in [-0.05, 0) is 31.4 Å². The lowest BCUT2D eigenvalue weighted by atomic mass is 9.94. The van der Waals surface area contributed by atoms with E-state index in [4.69, 9.17) is 5.11 Å². The third kappa shape index (κ3) is 3.57. The third-order valence-corrected chi connectivity index (χ3v) is 3.45. The normalized spacial score (nSPS) is 18.2. The highest BCUT2D eigenvalue weighted by atomic mass is 16.4. The zero-order valence-corrected chi connectivity index (χ0v) is 11.8. The maximum atomic E-state index is 12.2. The lowest BCUT2D eigenvalue weighted by Gasteiger charge is -2.30. The second kappa shape index (κ2) is 5.63. The molecule has 1 aromatic carbocycles. The molecule has 108 valence electrons. The van der Waals surface area contributed by atoms with Crippen LogP contribution in [0.25, 0.3) is 0 Å². The van der Waals surface area contributed by atoms with Gasteiger partial charge in [0.15, 0.2) is 0 Å². The Morgan fingerprint density at radius 2 is 2.00 bits per heavy atom. The average molecular weight is 276 g/mol. The average Bonchev–Trinajstić information content (AvgIpc) is 2.36. The minimum atomic E-state index is -0.919. The maximum Gasteiger partial charge on any atom is 0.305 e. The van der Waals surface area contributed by atoms with Gasteiger partial charge in [0, 0.05) is 12.1 Å². The number of aliphatic carboxylic acids is 1. The van der Waals surface area contributed by atoms with Crippen LogP contribution in [0.15, 0.2) is 24.3 Å². The highest BCUT2D eigenvalue weighted by Gasteiger charge is 2.29. The van der Waals surface area contributed by atoms with Gasteiger partial charge in [-0.3, -0.25) is 9.59 Å². The van der Waals surface area contributed by atoms with E-state index < -0.39 is 11.5 Å². The van der Waals surface area contributed by atoms with E-state index in [0.29, 0.717) is 13.0 Å². The monoisotopic (exact) mass is 276 g/mol. The summed E-state index contributed by atoms with van der Waals surface area (Å²) in [5, 5.41) is 14.8. The molecule has 1 amide bonds. The van der Waals surface area contributed by atoms with Crippen LogP contribution < -0.4 is 10.6 Å². The van der Waals surface area contributed by atoms with Crippen LogP contribution in [0.4, 0.5) is 0 Å². The van der Waals surface area contributed by atoms with E-state index >= 15 is 0 Å². The summed E-state index contributed by atoms with van der Waals surface area (Å²) in [6, 6.07) is 7.71. The van der Waals surface area contributed by atoms with Crippen molar-refractivity contribution in [3.8, 4) is 0 Å². The first-order valence-corrected chi connectivity index (χ1v) is 6.71. The Balaban J connectivity index is 2.00. The fourth-order valence-corrected chi connectivity index (χ4v) is 2.48. The van der Waals surface area contributed by atoms with Crippen molar-refractivity contribution in [1.29, 1.82) is 0 Å². The van der Waals surface area contributed by atoms with E-state index in [1.165, 1.54) is 11.1 Å². The smallest absolute Gasteiger partial charge is 0.305 e. The molecule has 5 heteroatoms. The number of amides is 1. The molecule has 20 heavy (non-hydrogen) atoms. The number of carboxylic acids is 1. The van der Waals surface area contributed by atoms with Gasteiger partial charge in [-0.1, -0.05) is 24.3 Å². The van der Waals surface area contributed by atoms with Gasteiger partial charge in [-0.2, -0.15) is 0 Å². The molecule has 0 aromatic heterocycles. The Morgan fingerprint density at radius 3 is 2.65 bits per heavy atom. The molecule has 2 rings (SSSR count). The van der Waals surface area contributed by atoms with Crippen LogP contribution in [0, 0.1) is 0 Å². The Hall–Kier alpha value is -1.88. The SMILES string of the molecule is CC(C)(CC(=O)O)NC(=O)C1Cc2ccccc2CN1. The summed E-state index contributed by atoms with van der Waals surface area (Å²) in [5.41, 5.74) is 1.63. The van der Waals surface area contributed by atoms with Crippen molar-refractivity contribution in [1.82, 2.24) is 10.6 Å². The number of fused-ring (bicyclic) bond motifs is 1. The van der Waals surface area contributed by atoms with Crippen molar-refractivity contribution in [3.63, 3.8) is 0 Å². The maximum absolute atomic E-state index is 12.2. The van der Waals surface area contributed by atoms with Crippen molar-refractivity contribution in [3.05, 3.63) is 35.4 Å². The van der Waals surface area contributed by atoms with E-state index in [2.05, 4.69) is 10.6 Å². The van der Waals surface area contributed by atoms with E-state index in [0.717, 1.165) is 0 Å². The Labute approximate surface area is 118 Å². The van der Waals surface area contributed by atoms with Gasteiger partial charge >= 0.3 is 5.97 Å². The number of benzene rings is 1. The largest absolute Gasteiger partial charge is 0.481 e. The summed E-state index contributed by atoms with van der Waals surface area (Å²) in [6.45, 7) is 4.10. The molecule has 5 nitrogen and oxygen atoms in total. The molecule has 0 spiro atoms. The summed E-state index contributed by atoms with van der Waals surface area (Å²) in [5.74, 6) is -1.07. The molecular formula is C15H20N2O3. The summed E-state index contributed by atoms with van der Waals surface area (Å²) in [6.07, 6.45) is 0.535. The Morgan fingerprint density at radius 1 is 1.35 bits per heavy atom. The Kier molecular flexibility index (Phi) is 4.09. The van der Waals surface area contributed by atoms with Crippen LogP contribution in [-0.4, -0.2) is 28.6 Å². The first-order chi connectivity index (χ1) is 9.37. The summed E-state index contributed by atoms with van der Waals surface area (Å²) >= 11 is 0. The quantitative estimate of drug-likeness (QED) is 0.768. The summed E-state index contributed by atoms with van der Waals surface area (Å²) in [4.78, 5) is 23.0. The van der Waals surface area contributed by atoms with Crippen molar-refractivity contribution in [2.75, 3.05) is 0 Å². The van der Waals surface area contributed by atoms with Gasteiger partial charge in [0.1, 0.15) is 0 Å². The highest BCUT2D eigenvalue weighted by Crippen LogP contribution is 2.17. The van der Waals surface area contributed by atoms with Gasteiger partial charge < -0.3 is 15.7 Å². The van der Waals surface area contributed by atoms with E-state index in [1.807, 2.05) is 24.3 Å². The second-order valence-electron chi connectivity index (χ2n) is 5.85. The lowest BCUT2D eigenvalue weighted by Crippen LogP contribution is -2.54. The number of carboxylic acid groups (broad SMARTS) is 1. The molecule has 1 aliphatic heterocycles. The molecule has 3 N–H and O–H groups in total. The number of nitrogens with one attached hydrogen (secondary N) is 2. The van der Waals surface area contributed by atoms with Crippen LogP contribution in [0.5, 0.6) is 0 Å². The lowest BCUT2D eigenvalue weighted by molar-refractivity contribution is -0.138. The summed E-state index contributed by atoms with van der Waals surface area (Å²) < 4.78 is 0. The van der Waals surface area contributed by atoms with Crippen molar-refractivity contribution >= 4 is 11.9 Å². The molecule has 0 aliphatic carbocycles. The number of carbonyl (C=O) groups is 2. The predicted octanol–water partition coefficient (Wildman–Crippen LogP) is 1.07. The molecule has 0 saturated carbocycles. The summed E-state index contributed by atoms with van der Waals surface area (Å²) in [7, 11) is 0. The third-order valence-electron chi connectivity index (χ3n) is 3.45. The van der Waals surface area contributed by atoms with Gasteiger partial charge in [0.05, 0.1) is 12.5 Å². The van der Waals surface area contributed by atoms with Crippen molar-refractivity contribution in [2.24, 2.45) is 0 Å². The van der Waals surface area contributed by atoms with Crippen molar-refractivity contribution in [2.45, 2.75) is 44.8 Å². The Bertz CT molecular complexity index is 526. The zero-order valence-electron chi connectivity index (χ0n) is 11.8.